The van der Waals surface area contributed by atoms with Gasteiger partial charge in [-0.05, 0) is 56.5 Å². The standard InChI is InChI=1S/C30H36F2N6O2.C2H6/c1-18(2)21-10-11-34-20(5)28(21)38(17-39)30-22(29(33-6)37-14-12-36(13-15-37)19(3)4)16-24(32)27(35-30)26-23(31)8-7-9-25(26)40;1-2/h7-11,16-19,40H,12-15H2,1-6H3;1-2H3. The van der Waals surface area contributed by atoms with E-state index in [0.29, 0.717) is 42.8 Å². The maximum atomic E-state index is 15.8. The fourth-order valence-corrected chi connectivity index (χ4v) is 5.20. The summed E-state index contributed by atoms with van der Waals surface area (Å²) in [6.45, 7) is 16.9. The summed E-state index contributed by atoms with van der Waals surface area (Å²) < 4.78 is 30.7. The second-order valence-corrected chi connectivity index (χ2v) is 10.5. The van der Waals surface area contributed by atoms with E-state index in [1.165, 1.54) is 23.1 Å². The Balaban J connectivity index is 0.00000237. The summed E-state index contributed by atoms with van der Waals surface area (Å²) in [5.41, 5.74) is 1.41. The van der Waals surface area contributed by atoms with Gasteiger partial charge in [-0.1, -0.05) is 33.8 Å². The Morgan fingerprint density at radius 1 is 1.07 bits per heavy atom. The summed E-state index contributed by atoms with van der Waals surface area (Å²) in [5, 5.41) is 10.5. The molecule has 0 bridgehead atoms. The number of carbonyl (C=O) groups is 1. The SMILES string of the molecule is CC.CN=C(c1cc(F)c(-c2c(O)cccc2F)nc1N(C=O)c1c(C(C)C)ccnc1C)N1CCN(C(C)C)CC1. The largest absolute Gasteiger partial charge is 0.507 e. The molecule has 0 radical (unpaired) electrons. The van der Waals surface area contributed by atoms with Gasteiger partial charge in [-0.2, -0.15) is 0 Å². The number of aliphatic imine (C=N–C) groups is 1. The van der Waals surface area contributed by atoms with E-state index in [0.717, 1.165) is 24.7 Å². The van der Waals surface area contributed by atoms with Crippen molar-refractivity contribution in [2.75, 3.05) is 38.1 Å². The first kappa shape index (κ1) is 32.6. The molecule has 1 aliphatic rings. The van der Waals surface area contributed by atoms with E-state index in [-0.39, 0.29) is 22.9 Å². The van der Waals surface area contributed by atoms with Gasteiger partial charge in [0.1, 0.15) is 23.1 Å². The highest BCUT2D eigenvalue weighted by Crippen LogP contribution is 2.39. The molecular formula is C32H42F2N6O2. The molecule has 0 saturated carbocycles. The zero-order valence-electron chi connectivity index (χ0n) is 25.8. The maximum Gasteiger partial charge on any atom is 0.219 e. The van der Waals surface area contributed by atoms with Crippen LogP contribution >= 0.6 is 0 Å². The summed E-state index contributed by atoms with van der Waals surface area (Å²) in [7, 11) is 1.61. The first-order valence-electron chi connectivity index (χ1n) is 14.4. The molecule has 1 fully saturated rings. The minimum absolute atomic E-state index is 0.0292. The molecule has 10 heteroatoms. The van der Waals surface area contributed by atoms with E-state index in [4.69, 9.17) is 0 Å². The van der Waals surface area contributed by atoms with Crippen LogP contribution in [0.15, 0.2) is 41.5 Å². The van der Waals surface area contributed by atoms with Gasteiger partial charge in [0, 0.05) is 45.5 Å². The predicted octanol–water partition coefficient (Wildman–Crippen LogP) is 6.28. The molecule has 8 nitrogen and oxygen atoms in total. The van der Waals surface area contributed by atoms with E-state index in [1.54, 1.807) is 20.2 Å². The quantitative estimate of drug-likeness (QED) is 0.201. The van der Waals surface area contributed by atoms with Crippen molar-refractivity contribution in [3.05, 3.63) is 65.0 Å². The maximum absolute atomic E-state index is 15.8. The molecule has 42 heavy (non-hydrogen) atoms. The van der Waals surface area contributed by atoms with Gasteiger partial charge in [0.25, 0.3) is 0 Å². The predicted molar refractivity (Wildman–Crippen MR) is 165 cm³/mol. The number of phenols is 1. The Hall–Kier alpha value is -3.92. The Morgan fingerprint density at radius 2 is 1.74 bits per heavy atom. The van der Waals surface area contributed by atoms with Crippen molar-refractivity contribution in [3.63, 3.8) is 0 Å². The number of benzene rings is 1. The summed E-state index contributed by atoms with van der Waals surface area (Å²) in [6.07, 6.45) is 2.28. The van der Waals surface area contributed by atoms with E-state index in [1.807, 2.05) is 38.7 Å². The van der Waals surface area contributed by atoms with Crippen LogP contribution in [0.1, 0.15) is 64.3 Å². The molecule has 226 valence electrons. The van der Waals surface area contributed by atoms with Gasteiger partial charge in [-0.15, -0.1) is 0 Å². The lowest BCUT2D eigenvalue weighted by molar-refractivity contribution is -0.106. The van der Waals surface area contributed by atoms with Crippen LogP contribution in [-0.4, -0.2) is 76.4 Å². The fraction of sp³-hybridized carbons (Fsp3) is 0.438. The number of pyridine rings is 2. The second-order valence-electron chi connectivity index (χ2n) is 10.5. The van der Waals surface area contributed by atoms with Crippen molar-refractivity contribution in [3.8, 4) is 17.0 Å². The zero-order chi connectivity index (χ0) is 31.1. The van der Waals surface area contributed by atoms with Crippen LogP contribution in [-0.2, 0) is 4.79 Å². The third kappa shape index (κ3) is 6.59. The van der Waals surface area contributed by atoms with Crippen LogP contribution < -0.4 is 4.90 Å². The van der Waals surface area contributed by atoms with Crippen LogP contribution in [0.25, 0.3) is 11.3 Å². The van der Waals surface area contributed by atoms with E-state index in [2.05, 4.69) is 33.7 Å². The van der Waals surface area contributed by atoms with Gasteiger partial charge in [-0.3, -0.25) is 24.6 Å². The fourth-order valence-electron chi connectivity index (χ4n) is 5.20. The summed E-state index contributed by atoms with van der Waals surface area (Å²) in [5.74, 6) is -1.58. The van der Waals surface area contributed by atoms with Gasteiger partial charge in [0.2, 0.25) is 6.41 Å². The average Bonchev–Trinajstić information content (AvgIpc) is 2.97. The number of aryl methyl sites for hydroxylation is 1. The highest BCUT2D eigenvalue weighted by Gasteiger charge is 2.30. The highest BCUT2D eigenvalue weighted by molar-refractivity contribution is 6.06. The van der Waals surface area contributed by atoms with Crippen molar-refractivity contribution in [2.45, 2.75) is 60.4 Å². The van der Waals surface area contributed by atoms with Crippen LogP contribution in [0, 0.1) is 18.6 Å². The number of hydrogen-bond acceptors (Lipinski definition) is 6. The van der Waals surface area contributed by atoms with Gasteiger partial charge in [0.05, 0.1) is 22.5 Å². The van der Waals surface area contributed by atoms with E-state index >= 15 is 4.39 Å². The highest BCUT2D eigenvalue weighted by atomic mass is 19.1. The number of nitrogens with zero attached hydrogens (tertiary/aromatic N) is 6. The number of amidine groups is 1. The second kappa shape index (κ2) is 14.3. The third-order valence-electron chi connectivity index (χ3n) is 7.32. The monoisotopic (exact) mass is 580 g/mol. The first-order chi connectivity index (χ1) is 20.1. The number of piperazine rings is 1. The topological polar surface area (TPSA) is 85.2 Å². The van der Waals surface area contributed by atoms with Gasteiger partial charge >= 0.3 is 0 Å². The Morgan fingerprint density at radius 3 is 2.29 bits per heavy atom. The third-order valence-corrected chi connectivity index (χ3v) is 7.32. The molecule has 0 atom stereocenters. The van der Waals surface area contributed by atoms with Gasteiger partial charge in [0.15, 0.2) is 11.6 Å². The molecule has 0 spiro atoms. The molecule has 1 aliphatic heterocycles. The van der Waals surface area contributed by atoms with Crippen LogP contribution in [0.3, 0.4) is 0 Å². The number of hydrogen-bond donors (Lipinski definition) is 1. The Bertz CT molecular complexity index is 1400. The van der Waals surface area contributed by atoms with Crippen LogP contribution in [0.4, 0.5) is 20.3 Å². The first-order valence-corrected chi connectivity index (χ1v) is 14.4. The number of carbonyl (C=O) groups excluding carboxylic acids is 1. The number of rotatable bonds is 7. The Labute approximate surface area is 247 Å². The Kier molecular flexibility index (Phi) is 11.1. The van der Waals surface area contributed by atoms with E-state index < -0.39 is 23.1 Å². The van der Waals surface area contributed by atoms with Gasteiger partial charge < -0.3 is 10.0 Å². The van der Waals surface area contributed by atoms with Gasteiger partial charge in [-0.25, -0.2) is 13.8 Å². The summed E-state index contributed by atoms with van der Waals surface area (Å²) in [6, 6.07) is 7.15. The molecular weight excluding hydrogens is 538 g/mol. The number of anilines is 2. The smallest absolute Gasteiger partial charge is 0.219 e. The van der Waals surface area contributed by atoms with E-state index in [9.17, 15) is 14.3 Å². The molecule has 1 N–H and O–H groups in total. The van der Waals surface area contributed by atoms with Crippen molar-refractivity contribution < 1.29 is 18.7 Å². The molecule has 1 saturated heterocycles. The molecule has 4 rings (SSSR count). The van der Waals surface area contributed by atoms with Crippen LogP contribution in [0.5, 0.6) is 5.75 Å². The molecule has 3 aromatic rings. The minimum atomic E-state index is -0.848. The lowest BCUT2D eigenvalue weighted by atomic mass is 10.00. The van der Waals surface area contributed by atoms with Crippen molar-refractivity contribution in [2.24, 2.45) is 4.99 Å². The molecule has 1 aromatic carbocycles. The number of halogens is 2. The lowest BCUT2D eigenvalue weighted by Gasteiger charge is -2.39. The number of aromatic nitrogens is 2. The lowest BCUT2D eigenvalue weighted by Crippen LogP contribution is -2.51. The zero-order valence-corrected chi connectivity index (χ0v) is 25.8. The molecule has 3 heterocycles. The molecule has 2 aromatic heterocycles. The van der Waals surface area contributed by atoms with Crippen molar-refractivity contribution in [1.82, 2.24) is 19.8 Å². The molecule has 0 aliphatic carbocycles. The van der Waals surface area contributed by atoms with Crippen molar-refractivity contribution in [1.29, 1.82) is 0 Å². The van der Waals surface area contributed by atoms with Crippen molar-refractivity contribution >= 4 is 23.8 Å². The number of amides is 1. The summed E-state index contributed by atoms with van der Waals surface area (Å²) >= 11 is 0. The molecule has 1 amide bonds. The number of aromatic hydroxyl groups is 1. The summed E-state index contributed by atoms with van der Waals surface area (Å²) in [4.78, 5) is 32.0. The average molecular weight is 581 g/mol. The normalized spacial score (nSPS) is 14.2. The number of phenolic OH excluding ortho intramolecular Hbond substituents is 1. The molecule has 0 unspecified atom stereocenters. The van der Waals surface area contributed by atoms with Crippen LogP contribution in [0.2, 0.25) is 0 Å². The minimum Gasteiger partial charge on any atom is -0.507 e.